The predicted molar refractivity (Wildman–Crippen MR) is 106 cm³/mol. The van der Waals surface area contributed by atoms with Gasteiger partial charge in [0.05, 0.1) is 19.4 Å². The molecule has 0 saturated heterocycles. The van der Waals surface area contributed by atoms with Gasteiger partial charge in [0.2, 0.25) is 16.0 Å². The first-order chi connectivity index (χ1) is 12.3. The molecule has 0 aliphatic rings. The molecule has 0 aromatic heterocycles. The molecule has 140 valence electrons. The minimum Gasteiger partial charge on any atom is -0.494 e. The minimum atomic E-state index is -3.46. The molecule has 0 heterocycles. The normalized spacial score (nSPS) is 11.9. The summed E-state index contributed by atoms with van der Waals surface area (Å²) >= 11 is 0. The Morgan fingerprint density at radius 1 is 1.15 bits per heavy atom. The Bertz CT molecular complexity index is 893. The molecular formula is C19H25N3O3S. The van der Waals surface area contributed by atoms with Crippen molar-refractivity contribution in [3.8, 4) is 5.75 Å². The number of para-hydroxylation sites is 1. The van der Waals surface area contributed by atoms with Crippen LogP contribution in [0, 0.1) is 13.8 Å². The number of benzene rings is 2. The molecule has 2 aromatic carbocycles. The van der Waals surface area contributed by atoms with E-state index in [1.807, 2.05) is 63.2 Å². The van der Waals surface area contributed by atoms with Gasteiger partial charge in [-0.25, -0.2) is 13.4 Å². The van der Waals surface area contributed by atoms with Crippen molar-refractivity contribution in [1.29, 1.82) is 0 Å². The second kappa shape index (κ2) is 8.71. The number of rotatable bonds is 6. The van der Waals surface area contributed by atoms with Crippen molar-refractivity contribution in [3.63, 3.8) is 0 Å². The van der Waals surface area contributed by atoms with Crippen LogP contribution in [-0.4, -0.2) is 27.2 Å². The van der Waals surface area contributed by atoms with Gasteiger partial charge < -0.3 is 10.1 Å². The minimum absolute atomic E-state index is 0.172. The molecule has 26 heavy (non-hydrogen) atoms. The van der Waals surface area contributed by atoms with Crippen LogP contribution in [-0.2, 0) is 16.6 Å². The summed E-state index contributed by atoms with van der Waals surface area (Å²) in [5.74, 6) is 0.912. The number of aryl methyl sites for hydroxylation is 2. The molecule has 0 bridgehead atoms. The molecule has 0 atom stereocenters. The molecule has 6 nitrogen and oxygen atoms in total. The molecule has 0 aliphatic heterocycles. The lowest BCUT2D eigenvalue weighted by Gasteiger charge is -2.14. The molecule has 0 fully saturated rings. The number of anilines is 1. The first-order valence-corrected chi connectivity index (χ1v) is 10.2. The number of nitrogens with zero attached hydrogens (tertiary/aromatic N) is 1. The molecule has 0 spiro atoms. The SMILES string of the molecule is CCOc1ccccc1CN=C(Nc1ccc(C)cc1C)NS(C)(=O)=O. The van der Waals surface area contributed by atoms with Gasteiger partial charge in [0.1, 0.15) is 5.75 Å². The van der Waals surface area contributed by atoms with Crippen molar-refractivity contribution in [2.24, 2.45) is 4.99 Å². The Balaban J connectivity index is 2.28. The Morgan fingerprint density at radius 2 is 1.88 bits per heavy atom. The van der Waals surface area contributed by atoms with Crippen LogP contribution in [0.1, 0.15) is 23.6 Å². The summed E-state index contributed by atoms with van der Waals surface area (Å²) in [6, 6.07) is 13.4. The van der Waals surface area contributed by atoms with E-state index in [-0.39, 0.29) is 12.5 Å². The summed E-state index contributed by atoms with van der Waals surface area (Å²) in [6.45, 7) is 6.71. The van der Waals surface area contributed by atoms with E-state index in [4.69, 9.17) is 4.74 Å². The lowest BCUT2D eigenvalue weighted by Crippen LogP contribution is -2.35. The van der Waals surface area contributed by atoms with E-state index in [0.717, 1.165) is 34.4 Å². The molecule has 0 amide bonds. The topological polar surface area (TPSA) is 79.8 Å². The van der Waals surface area contributed by atoms with E-state index >= 15 is 0 Å². The van der Waals surface area contributed by atoms with Gasteiger partial charge in [-0.15, -0.1) is 0 Å². The molecule has 2 N–H and O–H groups in total. The summed E-state index contributed by atoms with van der Waals surface area (Å²) < 4.78 is 31.4. The number of aliphatic imine (C=N–C) groups is 1. The van der Waals surface area contributed by atoms with Crippen LogP contribution in [0.5, 0.6) is 5.75 Å². The van der Waals surface area contributed by atoms with Crippen molar-refractivity contribution < 1.29 is 13.2 Å². The Labute approximate surface area is 155 Å². The van der Waals surface area contributed by atoms with Gasteiger partial charge in [-0.2, -0.15) is 0 Å². The maximum atomic E-state index is 11.7. The summed E-state index contributed by atoms with van der Waals surface area (Å²) in [5, 5.41) is 3.07. The number of nitrogens with one attached hydrogen (secondary N) is 2. The molecule has 0 saturated carbocycles. The predicted octanol–water partition coefficient (Wildman–Crippen LogP) is 3.22. The number of sulfonamides is 1. The van der Waals surface area contributed by atoms with Crippen molar-refractivity contribution in [3.05, 3.63) is 59.2 Å². The summed E-state index contributed by atoms with van der Waals surface area (Å²) in [6.07, 6.45) is 1.10. The summed E-state index contributed by atoms with van der Waals surface area (Å²) in [5.41, 5.74) is 3.81. The van der Waals surface area contributed by atoms with Gasteiger partial charge in [0, 0.05) is 11.3 Å². The van der Waals surface area contributed by atoms with E-state index in [9.17, 15) is 8.42 Å². The second-order valence-corrected chi connectivity index (χ2v) is 7.77. The zero-order chi connectivity index (χ0) is 19.2. The van der Waals surface area contributed by atoms with Crippen LogP contribution in [0.2, 0.25) is 0 Å². The van der Waals surface area contributed by atoms with Crippen molar-refractivity contribution in [2.75, 3.05) is 18.2 Å². The number of hydrogen-bond acceptors (Lipinski definition) is 4. The van der Waals surface area contributed by atoms with Gasteiger partial charge in [-0.05, 0) is 38.5 Å². The molecule has 0 unspecified atom stereocenters. The highest BCUT2D eigenvalue weighted by molar-refractivity contribution is 7.89. The van der Waals surface area contributed by atoms with Gasteiger partial charge in [-0.1, -0.05) is 35.9 Å². The number of guanidine groups is 1. The summed E-state index contributed by atoms with van der Waals surface area (Å²) in [4.78, 5) is 4.42. The van der Waals surface area contributed by atoms with Crippen LogP contribution in [0.25, 0.3) is 0 Å². The third-order valence-electron chi connectivity index (χ3n) is 3.60. The Hall–Kier alpha value is -2.54. The van der Waals surface area contributed by atoms with Crippen LogP contribution < -0.4 is 14.8 Å². The van der Waals surface area contributed by atoms with Crippen molar-refractivity contribution in [2.45, 2.75) is 27.3 Å². The lowest BCUT2D eigenvalue weighted by molar-refractivity contribution is 0.336. The van der Waals surface area contributed by atoms with Gasteiger partial charge in [-0.3, -0.25) is 4.72 Å². The fourth-order valence-electron chi connectivity index (χ4n) is 2.45. The van der Waals surface area contributed by atoms with E-state index in [0.29, 0.717) is 6.61 Å². The van der Waals surface area contributed by atoms with E-state index in [1.54, 1.807) is 0 Å². The van der Waals surface area contributed by atoms with Crippen LogP contribution in [0.15, 0.2) is 47.5 Å². The average molecular weight is 375 g/mol. The zero-order valence-corrected chi connectivity index (χ0v) is 16.4. The van der Waals surface area contributed by atoms with Gasteiger partial charge in [0.15, 0.2) is 0 Å². The fraction of sp³-hybridized carbons (Fsp3) is 0.316. The van der Waals surface area contributed by atoms with Crippen molar-refractivity contribution in [1.82, 2.24) is 4.72 Å². The molecule has 2 rings (SSSR count). The first kappa shape index (κ1) is 19.8. The zero-order valence-electron chi connectivity index (χ0n) is 15.5. The van der Waals surface area contributed by atoms with Crippen molar-refractivity contribution >= 4 is 21.7 Å². The average Bonchev–Trinajstić information content (AvgIpc) is 2.55. The second-order valence-electron chi connectivity index (χ2n) is 6.02. The van der Waals surface area contributed by atoms with Crippen LogP contribution in [0.4, 0.5) is 5.69 Å². The lowest BCUT2D eigenvalue weighted by atomic mass is 10.1. The standard InChI is InChI=1S/C19H25N3O3S/c1-5-25-18-9-7-6-8-16(18)13-20-19(22-26(4,23)24)21-17-11-10-14(2)12-15(17)3/h6-12H,5,13H2,1-4H3,(H2,20,21,22). The number of ether oxygens (including phenoxy) is 1. The third-order valence-corrected chi connectivity index (χ3v) is 4.16. The molecule has 7 heteroatoms. The largest absolute Gasteiger partial charge is 0.494 e. The van der Waals surface area contributed by atoms with Crippen LogP contribution >= 0.6 is 0 Å². The van der Waals surface area contributed by atoms with E-state index in [1.165, 1.54) is 0 Å². The fourth-order valence-corrected chi connectivity index (χ4v) is 2.92. The van der Waals surface area contributed by atoms with Crippen LogP contribution in [0.3, 0.4) is 0 Å². The monoisotopic (exact) mass is 375 g/mol. The highest BCUT2D eigenvalue weighted by Crippen LogP contribution is 2.19. The highest BCUT2D eigenvalue weighted by atomic mass is 32.2. The van der Waals surface area contributed by atoms with Gasteiger partial charge in [0.25, 0.3) is 0 Å². The van der Waals surface area contributed by atoms with E-state index in [2.05, 4.69) is 15.0 Å². The molecule has 0 radical (unpaired) electrons. The summed E-state index contributed by atoms with van der Waals surface area (Å²) in [7, 11) is -3.46. The number of hydrogen-bond donors (Lipinski definition) is 2. The maximum absolute atomic E-state index is 11.7. The molecular weight excluding hydrogens is 350 g/mol. The quantitative estimate of drug-likeness (QED) is 0.600. The Morgan fingerprint density at radius 3 is 2.54 bits per heavy atom. The Kier molecular flexibility index (Phi) is 6.63. The van der Waals surface area contributed by atoms with E-state index < -0.39 is 10.0 Å². The molecule has 2 aromatic rings. The highest BCUT2D eigenvalue weighted by Gasteiger charge is 2.10. The van der Waals surface area contributed by atoms with Gasteiger partial charge >= 0.3 is 0 Å². The molecule has 0 aliphatic carbocycles. The smallest absolute Gasteiger partial charge is 0.232 e. The maximum Gasteiger partial charge on any atom is 0.232 e. The first-order valence-electron chi connectivity index (χ1n) is 8.35. The third kappa shape index (κ3) is 6.07.